The molecule has 0 spiro atoms. The fourth-order valence-corrected chi connectivity index (χ4v) is 3.47. The molecule has 140 valence electrons. The molecule has 27 heavy (non-hydrogen) atoms. The molecule has 0 bridgehead atoms. The minimum absolute atomic E-state index is 0.0399. The summed E-state index contributed by atoms with van der Waals surface area (Å²) in [6.45, 7) is 4.93. The normalized spacial score (nSPS) is 17.0. The van der Waals surface area contributed by atoms with Crippen molar-refractivity contribution < 1.29 is 23.1 Å². The summed E-state index contributed by atoms with van der Waals surface area (Å²) < 4.78 is 25.9. The Balaban J connectivity index is 2.06. The largest absolute Gasteiger partial charge is 0.478 e. The van der Waals surface area contributed by atoms with Crippen LogP contribution in [0, 0.1) is 0 Å². The van der Waals surface area contributed by atoms with Crippen LogP contribution in [0.1, 0.15) is 47.8 Å². The third-order valence-corrected chi connectivity index (χ3v) is 5.02. The predicted octanol–water partition coefficient (Wildman–Crippen LogP) is 3.86. The van der Waals surface area contributed by atoms with Gasteiger partial charge in [-0.3, -0.25) is 9.59 Å². The van der Waals surface area contributed by atoms with Gasteiger partial charge in [0.1, 0.15) is 5.76 Å². The first kappa shape index (κ1) is 19.2. The fourth-order valence-electron chi connectivity index (χ4n) is 2.99. The molecular formula is C21H20O5S. The van der Waals surface area contributed by atoms with Crippen LogP contribution in [-0.2, 0) is 26.4 Å². The SMILES string of the molecule is CC(=O)c1ccc(C2=C(c3ccc(CS(=O)O)cc3)OC(C)(C)C2=O)cc1. The molecule has 0 aromatic heterocycles. The van der Waals surface area contributed by atoms with Gasteiger partial charge in [0, 0.05) is 11.1 Å². The van der Waals surface area contributed by atoms with E-state index in [0.29, 0.717) is 28.0 Å². The Morgan fingerprint density at radius 1 is 1.04 bits per heavy atom. The van der Waals surface area contributed by atoms with E-state index in [0.717, 1.165) is 5.56 Å². The number of benzene rings is 2. The molecule has 0 saturated carbocycles. The summed E-state index contributed by atoms with van der Waals surface area (Å²) in [4.78, 5) is 24.4. The van der Waals surface area contributed by atoms with Crippen molar-refractivity contribution in [2.45, 2.75) is 32.1 Å². The van der Waals surface area contributed by atoms with Crippen molar-refractivity contribution in [2.75, 3.05) is 0 Å². The highest BCUT2D eigenvalue weighted by molar-refractivity contribution is 7.78. The van der Waals surface area contributed by atoms with Gasteiger partial charge in [-0.15, -0.1) is 0 Å². The maximum Gasteiger partial charge on any atom is 0.210 e. The van der Waals surface area contributed by atoms with Crippen molar-refractivity contribution in [1.29, 1.82) is 0 Å². The van der Waals surface area contributed by atoms with Gasteiger partial charge in [0.15, 0.2) is 22.5 Å². The molecule has 0 amide bonds. The lowest BCUT2D eigenvalue weighted by molar-refractivity contribution is -0.125. The van der Waals surface area contributed by atoms with Crippen LogP contribution in [0.2, 0.25) is 0 Å². The van der Waals surface area contributed by atoms with E-state index in [1.54, 1.807) is 62.4 Å². The number of hydrogen-bond acceptors (Lipinski definition) is 4. The van der Waals surface area contributed by atoms with Crippen LogP contribution in [0.25, 0.3) is 11.3 Å². The second kappa shape index (κ2) is 7.21. The van der Waals surface area contributed by atoms with Crippen LogP contribution in [0.15, 0.2) is 48.5 Å². The first-order chi connectivity index (χ1) is 12.7. The Morgan fingerprint density at radius 2 is 1.59 bits per heavy atom. The van der Waals surface area contributed by atoms with Crippen LogP contribution < -0.4 is 0 Å². The summed E-state index contributed by atoms with van der Waals surface area (Å²) >= 11 is -1.91. The number of carbonyl (C=O) groups excluding carboxylic acids is 2. The number of ketones is 2. The van der Waals surface area contributed by atoms with Crippen LogP contribution in [0.5, 0.6) is 0 Å². The lowest BCUT2D eigenvalue weighted by atomic mass is 9.92. The van der Waals surface area contributed by atoms with Gasteiger partial charge < -0.3 is 9.29 Å². The Bertz CT molecular complexity index is 953. The van der Waals surface area contributed by atoms with Crippen molar-refractivity contribution in [3.8, 4) is 0 Å². The van der Waals surface area contributed by atoms with E-state index in [-0.39, 0.29) is 17.3 Å². The third-order valence-electron chi connectivity index (χ3n) is 4.44. The van der Waals surface area contributed by atoms with E-state index in [4.69, 9.17) is 9.29 Å². The lowest BCUT2D eigenvalue weighted by Gasteiger charge is -2.18. The van der Waals surface area contributed by atoms with Crippen LogP contribution in [-0.4, -0.2) is 25.9 Å². The second-order valence-electron chi connectivity index (χ2n) is 6.94. The smallest absolute Gasteiger partial charge is 0.210 e. The first-order valence-corrected chi connectivity index (χ1v) is 9.73. The maximum atomic E-state index is 12.9. The molecule has 2 aromatic rings. The molecule has 3 rings (SSSR count). The van der Waals surface area contributed by atoms with Gasteiger partial charge in [-0.2, -0.15) is 0 Å². The van der Waals surface area contributed by atoms with Gasteiger partial charge in [-0.1, -0.05) is 48.5 Å². The van der Waals surface area contributed by atoms with E-state index in [1.165, 1.54) is 6.92 Å². The average Bonchev–Trinajstić information content (AvgIpc) is 2.85. The Morgan fingerprint density at radius 3 is 2.11 bits per heavy atom. The van der Waals surface area contributed by atoms with E-state index >= 15 is 0 Å². The van der Waals surface area contributed by atoms with Crippen molar-refractivity contribution in [1.82, 2.24) is 0 Å². The van der Waals surface area contributed by atoms with Gasteiger partial charge in [-0.05, 0) is 31.9 Å². The van der Waals surface area contributed by atoms with Crippen molar-refractivity contribution in [2.24, 2.45) is 0 Å². The number of hydrogen-bond donors (Lipinski definition) is 1. The molecule has 5 nitrogen and oxygen atoms in total. The van der Waals surface area contributed by atoms with Gasteiger partial charge in [0.2, 0.25) is 5.78 Å². The molecule has 6 heteroatoms. The van der Waals surface area contributed by atoms with Crippen LogP contribution in [0.4, 0.5) is 0 Å². The zero-order valence-corrected chi connectivity index (χ0v) is 16.1. The minimum Gasteiger partial charge on any atom is -0.478 e. The number of Topliss-reactive ketones (excluding diaryl/α,β-unsaturated/α-hetero) is 2. The molecule has 0 fully saturated rings. The number of ether oxygens (including phenoxy) is 1. The molecule has 1 N–H and O–H groups in total. The Labute approximate surface area is 160 Å². The molecule has 1 atom stereocenters. The molecule has 0 saturated heterocycles. The topological polar surface area (TPSA) is 80.7 Å². The molecule has 0 radical (unpaired) electrons. The lowest BCUT2D eigenvalue weighted by Crippen LogP contribution is -2.29. The molecule has 1 aliphatic rings. The summed E-state index contributed by atoms with van der Waals surface area (Å²) in [6.07, 6.45) is 0. The molecule has 1 heterocycles. The summed E-state index contributed by atoms with van der Waals surface area (Å²) in [7, 11) is 0. The zero-order chi connectivity index (χ0) is 19.8. The van der Waals surface area contributed by atoms with Gasteiger partial charge in [0.05, 0.1) is 11.3 Å². The van der Waals surface area contributed by atoms with E-state index < -0.39 is 16.7 Å². The van der Waals surface area contributed by atoms with Gasteiger partial charge >= 0.3 is 0 Å². The Kier molecular flexibility index (Phi) is 5.13. The summed E-state index contributed by atoms with van der Waals surface area (Å²) in [5, 5.41) is 0. The van der Waals surface area contributed by atoms with E-state index in [2.05, 4.69) is 0 Å². The molecule has 0 aliphatic carbocycles. The first-order valence-electron chi connectivity index (χ1n) is 8.45. The quantitative estimate of drug-likeness (QED) is 0.625. The maximum absolute atomic E-state index is 12.9. The average molecular weight is 384 g/mol. The van der Waals surface area contributed by atoms with Crippen molar-refractivity contribution in [3.63, 3.8) is 0 Å². The zero-order valence-electron chi connectivity index (χ0n) is 15.3. The van der Waals surface area contributed by atoms with Gasteiger partial charge in [0.25, 0.3) is 0 Å². The summed E-state index contributed by atoms with van der Waals surface area (Å²) in [5.41, 5.74) is 2.17. The highest BCUT2D eigenvalue weighted by atomic mass is 32.2. The molecule has 1 unspecified atom stereocenters. The third kappa shape index (κ3) is 3.91. The van der Waals surface area contributed by atoms with E-state index in [9.17, 15) is 13.8 Å². The van der Waals surface area contributed by atoms with Crippen LogP contribution in [0.3, 0.4) is 0 Å². The van der Waals surface area contributed by atoms with E-state index in [1.807, 2.05) is 0 Å². The predicted molar refractivity (Wildman–Crippen MR) is 104 cm³/mol. The second-order valence-corrected chi connectivity index (χ2v) is 7.87. The molecule has 2 aromatic carbocycles. The summed E-state index contributed by atoms with van der Waals surface area (Å²) in [5.74, 6) is 0.344. The standard InChI is InChI=1S/C21H20O5S/c1-13(22)15-8-10-16(11-9-15)18-19(26-21(2,3)20(18)23)17-6-4-14(5-7-17)12-27(24)25/h4-11H,12H2,1-3H3,(H,24,25). The van der Waals surface area contributed by atoms with Crippen LogP contribution >= 0.6 is 0 Å². The highest BCUT2D eigenvalue weighted by Gasteiger charge is 2.42. The molecule has 1 aliphatic heterocycles. The monoisotopic (exact) mass is 384 g/mol. The molecular weight excluding hydrogens is 364 g/mol. The fraction of sp³-hybridized carbons (Fsp3) is 0.238. The number of carbonyl (C=O) groups is 2. The van der Waals surface area contributed by atoms with Crippen molar-refractivity contribution in [3.05, 3.63) is 70.8 Å². The number of rotatable bonds is 5. The summed E-state index contributed by atoms with van der Waals surface area (Å²) in [6, 6.07) is 13.9. The highest BCUT2D eigenvalue weighted by Crippen LogP contribution is 2.41. The van der Waals surface area contributed by atoms with Gasteiger partial charge in [-0.25, -0.2) is 4.21 Å². The minimum atomic E-state index is -1.91. The Hall–Kier alpha value is -2.57. The van der Waals surface area contributed by atoms with Crippen molar-refractivity contribution >= 4 is 34.0 Å².